The van der Waals surface area contributed by atoms with E-state index in [4.69, 9.17) is 4.98 Å². The summed E-state index contributed by atoms with van der Waals surface area (Å²) in [6, 6.07) is 2.99. The van der Waals surface area contributed by atoms with E-state index in [2.05, 4.69) is 22.5 Å². The van der Waals surface area contributed by atoms with E-state index in [0.29, 0.717) is 6.04 Å². The van der Waals surface area contributed by atoms with Crippen LogP contribution in [-0.4, -0.2) is 30.7 Å². The molecule has 1 aromatic rings. The van der Waals surface area contributed by atoms with Crippen LogP contribution < -0.4 is 10.2 Å². The van der Waals surface area contributed by atoms with E-state index in [9.17, 15) is 0 Å². The second-order valence-electron chi connectivity index (χ2n) is 6.63. The second kappa shape index (κ2) is 5.36. The average Bonchev–Trinajstić information content (AvgIpc) is 2.55. The van der Waals surface area contributed by atoms with Crippen molar-refractivity contribution in [1.82, 2.24) is 10.3 Å². The van der Waals surface area contributed by atoms with Crippen molar-refractivity contribution in [2.24, 2.45) is 0 Å². The zero-order valence-corrected chi connectivity index (χ0v) is 12.3. The quantitative estimate of drug-likeness (QED) is 0.851. The van der Waals surface area contributed by atoms with Gasteiger partial charge in [0.05, 0.1) is 0 Å². The molecule has 1 saturated carbocycles. The summed E-state index contributed by atoms with van der Waals surface area (Å²) in [5.74, 6) is 2.12. The highest BCUT2D eigenvalue weighted by Crippen LogP contribution is 2.39. The van der Waals surface area contributed by atoms with Gasteiger partial charge in [-0.25, -0.2) is 4.98 Å². The third kappa shape index (κ3) is 2.12. The Labute approximate surface area is 121 Å². The van der Waals surface area contributed by atoms with Crippen molar-refractivity contribution in [3.05, 3.63) is 23.4 Å². The Morgan fingerprint density at radius 2 is 2.05 bits per heavy atom. The van der Waals surface area contributed by atoms with Crippen LogP contribution >= 0.6 is 0 Å². The Balaban J connectivity index is 1.69. The van der Waals surface area contributed by atoms with Gasteiger partial charge in [-0.1, -0.05) is 19.3 Å². The molecule has 3 nitrogen and oxygen atoms in total. The van der Waals surface area contributed by atoms with E-state index < -0.39 is 0 Å². The summed E-state index contributed by atoms with van der Waals surface area (Å²) in [6.45, 7) is 3.36. The molecule has 1 N–H and O–H groups in total. The number of rotatable bonds is 1. The Bertz CT molecular complexity index is 465. The van der Waals surface area contributed by atoms with Gasteiger partial charge in [0, 0.05) is 31.9 Å². The van der Waals surface area contributed by atoms with Crippen LogP contribution in [0.1, 0.15) is 55.6 Å². The van der Waals surface area contributed by atoms with E-state index in [-0.39, 0.29) is 0 Å². The fourth-order valence-corrected chi connectivity index (χ4v) is 4.40. The van der Waals surface area contributed by atoms with E-state index in [1.807, 2.05) is 0 Å². The Hall–Kier alpha value is -1.09. The molecule has 0 aromatic carbocycles. The molecule has 0 spiro atoms. The lowest BCUT2D eigenvalue weighted by Crippen LogP contribution is -2.53. The Kier molecular flexibility index (Phi) is 3.39. The van der Waals surface area contributed by atoms with Gasteiger partial charge in [0.1, 0.15) is 5.82 Å². The number of hydrogen-bond donors (Lipinski definition) is 1. The molecule has 20 heavy (non-hydrogen) atoms. The summed E-state index contributed by atoms with van der Waals surface area (Å²) >= 11 is 0. The van der Waals surface area contributed by atoms with Crippen molar-refractivity contribution >= 4 is 5.82 Å². The molecule has 3 heteroatoms. The first kappa shape index (κ1) is 12.6. The summed E-state index contributed by atoms with van der Waals surface area (Å²) in [6.07, 6.45) is 11.6. The Morgan fingerprint density at radius 3 is 2.95 bits per heavy atom. The smallest absolute Gasteiger partial charge is 0.132 e. The number of hydrogen-bond acceptors (Lipinski definition) is 3. The van der Waals surface area contributed by atoms with Gasteiger partial charge in [0.2, 0.25) is 0 Å². The fraction of sp³-hybridized carbons (Fsp3) is 0.706. The minimum absolute atomic E-state index is 0.672. The molecule has 3 heterocycles. The molecule has 1 saturated heterocycles. The summed E-state index contributed by atoms with van der Waals surface area (Å²) < 4.78 is 0. The molecular weight excluding hydrogens is 246 g/mol. The first-order valence-corrected chi connectivity index (χ1v) is 8.38. The van der Waals surface area contributed by atoms with E-state index >= 15 is 0 Å². The molecular formula is C17H25N3. The number of fused-ring (bicyclic) bond motifs is 3. The van der Waals surface area contributed by atoms with Crippen LogP contribution in [0.4, 0.5) is 5.82 Å². The number of nitrogens with one attached hydrogen (secondary N) is 1. The summed E-state index contributed by atoms with van der Waals surface area (Å²) in [5, 5.41) is 3.52. The highest BCUT2D eigenvalue weighted by Gasteiger charge is 2.32. The molecule has 0 amide bonds. The topological polar surface area (TPSA) is 28.2 Å². The molecule has 0 radical (unpaired) electrons. The molecule has 2 fully saturated rings. The fourth-order valence-electron chi connectivity index (χ4n) is 4.40. The lowest BCUT2D eigenvalue weighted by Gasteiger charge is -2.42. The van der Waals surface area contributed by atoms with Crippen LogP contribution in [0, 0.1) is 0 Å². The monoisotopic (exact) mass is 271 g/mol. The number of pyridine rings is 1. The predicted octanol–water partition coefficient (Wildman–Crippen LogP) is 2.85. The maximum absolute atomic E-state index is 4.76. The second-order valence-corrected chi connectivity index (χ2v) is 6.63. The van der Waals surface area contributed by atoms with Crippen LogP contribution in [0.5, 0.6) is 0 Å². The zero-order chi connectivity index (χ0) is 13.4. The minimum atomic E-state index is 0.672. The number of nitrogens with zero attached hydrogens (tertiary/aromatic N) is 2. The SMILES string of the molecule is c1cc(C2CCCCC2)c2c(n1)N1CCNCC1CC2. The third-order valence-electron chi connectivity index (χ3n) is 5.46. The third-order valence-corrected chi connectivity index (χ3v) is 5.46. The highest BCUT2D eigenvalue weighted by atomic mass is 15.3. The lowest BCUT2D eigenvalue weighted by atomic mass is 9.80. The normalized spacial score (nSPS) is 27.0. The standard InChI is InChI=1S/C17H25N3/c1-2-4-13(5-3-1)15-8-9-19-17-16(15)7-6-14-12-18-10-11-20(14)17/h8-9,13-14,18H,1-7,10-12H2. The molecule has 1 unspecified atom stereocenters. The van der Waals surface area contributed by atoms with Crippen molar-refractivity contribution in [3.8, 4) is 0 Å². The average molecular weight is 271 g/mol. The summed E-state index contributed by atoms with van der Waals surface area (Å²) in [5.41, 5.74) is 3.21. The molecule has 1 aromatic heterocycles. The van der Waals surface area contributed by atoms with Gasteiger partial charge in [-0.15, -0.1) is 0 Å². The molecule has 4 rings (SSSR count). The largest absolute Gasteiger partial charge is 0.351 e. The summed E-state index contributed by atoms with van der Waals surface area (Å²) in [4.78, 5) is 7.33. The van der Waals surface area contributed by atoms with Crippen molar-refractivity contribution in [3.63, 3.8) is 0 Å². The van der Waals surface area contributed by atoms with Crippen molar-refractivity contribution in [2.45, 2.75) is 56.9 Å². The van der Waals surface area contributed by atoms with Crippen molar-refractivity contribution in [1.29, 1.82) is 0 Å². The van der Waals surface area contributed by atoms with E-state index in [1.165, 1.54) is 50.8 Å². The zero-order valence-electron chi connectivity index (χ0n) is 12.3. The van der Waals surface area contributed by atoms with Crippen molar-refractivity contribution in [2.75, 3.05) is 24.5 Å². The van der Waals surface area contributed by atoms with Crippen LogP contribution in [0.2, 0.25) is 0 Å². The van der Waals surface area contributed by atoms with Gasteiger partial charge in [-0.3, -0.25) is 0 Å². The maximum atomic E-state index is 4.76. The number of anilines is 1. The van der Waals surface area contributed by atoms with Gasteiger partial charge < -0.3 is 10.2 Å². The number of piperazine rings is 1. The molecule has 1 atom stereocenters. The molecule has 108 valence electrons. The van der Waals surface area contributed by atoms with Gasteiger partial charge in [-0.05, 0) is 48.8 Å². The van der Waals surface area contributed by atoms with Gasteiger partial charge in [0.15, 0.2) is 0 Å². The first-order valence-electron chi connectivity index (χ1n) is 8.38. The van der Waals surface area contributed by atoms with Gasteiger partial charge >= 0.3 is 0 Å². The van der Waals surface area contributed by atoms with Gasteiger partial charge in [-0.2, -0.15) is 0 Å². The highest BCUT2D eigenvalue weighted by molar-refractivity contribution is 5.55. The van der Waals surface area contributed by atoms with E-state index in [1.54, 1.807) is 11.1 Å². The van der Waals surface area contributed by atoms with Crippen LogP contribution in [0.3, 0.4) is 0 Å². The number of aromatic nitrogens is 1. The summed E-state index contributed by atoms with van der Waals surface area (Å²) in [7, 11) is 0. The maximum Gasteiger partial charge on any atom is 0.132 e. The molecule has 2 aliphatic heterocycles. The van der Waals surface area contributed by atoms with Crippen LogP contribution in [0.25, 0.3) is 0 Å². The molecule has 0 bridgehead atoms. The van der Waals surface area contributed by atoms with Crippen molar-refractivity contribution < 1.29 is 0 Å². The Morgan fingerprint density at radius 1 is 1.15 bits per heavy atom. The van der Waals surface area contributed by atoms with E-state index in [0.717, 1.165) is 25.6 Å². The van der Waals surface area contributed by atoms with Crippen LogP contribution in [-0.2, 0) is 6.42 Å². The van der Waals surface area contributed by atoms with Crippen LogP contribution in [0.15, 0.2) is 12.3 Å². The van der Waals surface area contributed by atoms with Gasteiger partial charge in [0.25, 0.3) is 0 Å². The molecule has 1 aliphatic carbocycles. The lowest BCUT2D eigenvalue weighted by molar-refractivity contribution is 0.421. The first-order chi connectivity index (χ1) is 9.93. The predicted molar refractivity (Wildman–Crippen MR) is 82.4 cm³/mol. The molecule has 3 aliphatic rings. The minimum Gasteiger partial charge on any atom is -0.351 e.